The molecule has 2 aromatic rings. The van der Waals surface area contributed by atoms with E-state index in [1.807, 2.05) is 48.5 Å². The van der Waals surface area contributed by atoms with Crippen molar-refractivity contribution in [2.75, 3.05) is 13.2 Å². The summed E-state index contributed by atoms with van der Waals surface area (Å²) in [5.74, 6) is -1.44. The lowest BCUT2D eigenvalue weighted by Crippen LogP contribution is -2.54. The first-order chi connectivity index (χ1) is 13.0. The van der Waals surface area contributed by atoms with Crippen LogP contribution in [0.3, 0.4) is 0 Å². The van der Waals surface area contributed by atoms with Crippen LogP contribution in [0.4, 0.5) is 4.79 Å². The molecular formula is C19H18N4O4. The number of alkyl carbamates (subject to hydrolysis) is 1. The second kappa shape index (κ2) is 7.39. The van der Waals surface area contributed by atoms with E-state index >= 15 is 0 Å². The Balaban J connectivity index is 1.74. The molecule has 0 aromatic heterocycles. The number of carboxylic acids is 1. The van der Waals surface area contributed by atoms with Crippen molar-refractivity contribution >= 4 is 12.1 Å². The van der Waals surface area contributed by atoms with E-state index in [2.05, 4.69) is 15.3 Å². The standard InChI is InChI=1S/C19H18N4O4/c1-19(17(24)25,11-21-23-20)22-18(26)27-10-16-14-8-4-2-6-12(14)13-7-3-5-9-15(13)16/h2-9,16H,10-11H2,1H3,(H,22,26)(H,24,25)/t19-/m0/s1. The molecule has 2 aromatic carbocycles. The molecule has 1 atom stereocenters. The van der Waals surface area contributed by atoms with Crippen molar-refractivity contribution in [2.45, 2.75) is 18.4 Å². The normalized spacial score (nSPS) is 14.3. The van der Waals surface area contributed by atoms with Gasteiger partial charge in [0.05, 0.1) is 6.54 Å². The first kappa shape index (κ1) is 18.3. The van der Waals surface area contributed by atoms with Crippen LogP contribution in [0.5, 0.6) is 0 Å². The van der Waals surface area contributed by atoms with Crippen LogP contribution in [0.1, 0.15) is 24.0 Å². The summed E-state index contributed by atoms with van der Waals surface area (Å²) in [6, 6.07) is 15.8. The summed E-state index contributed by atoms with van der Waals surface area (Å²) >= 11 is 0. The van der Waals surface area contributed by atoms with E-state index in [-0.39, 0.29) is 12.5 Å². The Morgan fingerprint density at radius 2 is 1.74 bits per heavy atom. The Kier molecular flexibility index (Phi) is 5.00. The number of amides is 1. The second-order valence-corrected chi connectivity index (χ2v) is 6.48. The molecule has 2 N–H and O–H groups in total. The highest BCUT2D eigenvalue weighted by Crippen LogP contribution is 2.44. The predicted octanol–water partition coefficient (Wildman–Crippen LogP) is 3.68. The third-order valence-electron chi connectivity index (χ3n) is 4.64. The van der Waals surface area contributed by atoms with E-state index in [9.17, 15) is 14.7 Å². The Hall–Kier alpha value is -3.51. The maximum absolute atomic E-state index is 12.2. The molecule has 0 bridgehead atoms. The van der Waals surface area contributed by atoms with Crippen molar-refractivity contribution in [1.29, 1.82) is 0 Å². The van der Waals surface area contributed by atoms with Gasteiger partial charge < -0.3 is 15.2 Å². The minimum absolute atomic E-state index is 0.0665. The Morgan fingerprint density at radius 1 is 1.19 bits per heavy atom. The molecule has 0 saturated heterocycles. The summed E-state index contributed by atoms with van der Waals surface area (Å²) < 4.78 is 5.32. The molecule has 0 unspecified atom stereocenters. The van der Waals surface area contributed by atoms with Crippen LogP contribution in [0.2, 0.25) is 0 Å². The van der Waals surface area contributed by atoms with Crippen molar-refractivity contribution in [1.82, 2.24) is 5.32 Å². The summed E-state index contributed by atoms with van der Waals surface area (Å²) in [7, 11) is 0. The smallest absolute Gasteiger partial charge is 0.408 e. The molecular weight excluding hydrogens is 348 g/mol. The van der Waals surface area contributed by atoms with Gasteiger partial charge >= 0.3 is 12.1 Å². The average molecular weight is 366 g/mol. The molecule has 0 radical (unpaired) electrons. The quantitative estimate of drug-likeness (QED) is 0.459. The zero-order valence-corrected chi connectivity index (χ0v) is 14.6. The van der Waals surface area contributed by atoms with Crippen LogP contribution in [0.25, 0.3) is 21.6 Å². The van der Waals surface area contributed by atoms with Gasteiger partial charge in [0.15, 0.2) is 0 Å². The van der Waals surface area contributed by atoms with Gasteiger partial charge in [-0.15, -0.1) is 0 Å². The SMILES string of the molecule is C[C@@](CN=[N+]=[N-])(NC(=O)OCC1c2ccccc2-c2ccccc21)C(=O)O. The van der Waals surface area contributed by atoms with Gasteiger partial charge in [-0.3, -0.25) is 0 Å². The number of nitrogens with zero attached hydrogens (tertiary/aromatic N) is 3. The van der Waals surface area contributed by atoms with E-state index in [0.717, 1.165) is 22.3 Å². The molecule has 0 spiro atoms. The molecule has 138 valence electrons. The lowest BCUT2D eigenvalue weighted by molar-refractivity contribution is -0.143. The van der Waals surface area contributed by atoms with Crippen molar-refractivity contribution in [2.24, 2.45) is 5.11 Å². The Bertz CT molecular complexity index is 893. The number of aliphatic carboxylic acids is 1. The number of azide groups is 1. The fraction of sp³-hybridized carbons (Fsp3) is 0.263. The third-order valence-corrected chi connectivity index (χ3v) is 4.64. The molecule has 8 nitrogen and oxygen atoms in total. The Morgan fingerprint density at radius 3 is 2.26 bits per heavy atom. The third kappa shape index (κ3) is 3.56. The number of rotatable bonds is 6. The molecule has 1 amide bonds. The number of carboxylic acid groups (broad SMARTS) is 1. The highest BCUT2D eigenvalue weighted by atomic mass is 16.5. The lowest BCUT2D eigenvalue weighted by Gasteiger charge is -2.24. The average Bonchev–Trinajstić information content (AvgIpc) is 2.98. The first-order valence-electron chi connectivity index (χ1n) is 8.33. The van der Waals surface area contributed by atoms with Crippen molar-refractivity contribution in [3.8, 4) is 11.1 Å². The van der Waals surface area contributed by atoms with Crippen LogP contribution >= 0.6 is 0 Å². The fourth-order valence-corrected chi connectivity index (χ4v) is 3.19. The molecule has 0 aliphatic heterocycles. The zero-order chi connectivity index (χ0) is 19.4. The van der Waals surface area contributed by atoms with E-state index in [1.165, 1.54) is 6.92 Å². The van der Waals surface area contributed by atoms with E-state index in [0.29, 0.717) is 0 Å². The number of nitrogens with one attached hydrogen (secondary N) is 1. The molecule has 1 aliphatic rings. The summed E-state index contributed by atoms with van der Waals surface area (Å²) in [6.45, 7) is 0.894. The minimum atomic E-state index is -1.74. The van der Waals surface area contributed by atoms with Gasteiger partial charge in [0.1, 0.15) is 12.1 Å². The molecule has 1 aliphatic carbocycles. The number of benzene rings is 2. The van der Waals surface area contributed by atoms with Crippen molar-refractivity contribution in [3.63, 3.8) is 0 Å². The lowest BCUT2D eigenvalue weighted by atomic mass is 9.98. The molecule has 0 heterocycles. The van der Waals surface area contributed by atoms with E-state index in [4.69, 9.17) is 10.3 Å². The number of ether oxygens (including phenoxy) is 1. The highest BCUT2D eigenvalue weighted by molar-refractivity contribution is 5.84. The predicted molar refractivity (Wildman–Crippen MR) is 98.3 cm³/mol. The summed E-state index contributed by atoms with van der Waals surface area (Å²) in [5, 5.41) is 14.8. The van der Waals surface area contributed by atoms with Crippen LogP contribution in [-0.4, -0.2) is 35.9 Å². The van der Waals surface area contributed by atoms with Gasteiger partial charge in [-0.1, -0.05) is 53.6 Å². The number of hydrogen-bond donors (Lipinski definition) is 2. The van der Waals surface area contributed by atoms with Crippen molar-refractivity contribution < 1.29 is 19.4 Å². The molecule has 8 heteroatoms. The zero-order valence-electron chi connectivity index (χ0n) is 14.6. The minimum Gasteiger partial charge on any atom is -0.480 e. The van der Waals surface area contributed by atoms with Gasteiger partial charge in [-0.05, 0) is 34.7 Å². The van der Waals surface area contributed by atoms with Gasteiger partial charge in [-0.2, -0.15) is 0 Å². The second-order valence-electron chi connectivity index (χ2n) is 6.48. The van der Waals surface area contributed by atoms with Gasteiger partial charge in [0.25, 0.3) is 0 Å². The van der Waals surface area contributed by atoms with Crippen molar-refractivity contribution in [3.05, 3.63) is 70.1 Å². The number of carbonyl (C=O) groups excluding carboxylic acids is 1. The Labute approximate surface area is 155 Å². The number of fused-ring (bicyclic) bond motifs is 3. The first-order valence-corrected chi connectivity index (χ1v) is 8.33. The topological polar surface area (TPSA) is 124 Å². The fourth-order valence-electron chi connectivity index (χ4n) is 3.19. The van der Waals surface area contributed by atoms with Gasteiger partial charge in [0.2, 0.25) is 0 Å². The van der Waals surface area contributed by atoms with E-state index < -0.39 is 24.1 Å². The van der Waals surface area contributed by atoms with Crippen LogP contribution in [0, 0.1) is 0 Å². The largest absolute Gasteiger partial charge is 0.480 e. The number of carbonyl (C=O) groups is 2. The summed E-state index contributed by atoms with van der Waals surface area (Å²) in [6.07, 6.45) is -0.880. The monoisotopic (exact) mass is 366 g/mol. The van der Waals surface area contributed by atoms with Crippen LogP contribution in [0.15, 0.2) is 53.6 Å². The summed E-state index contributed by atoms with van der Waals surface area (Å²) in [5.41, 5.74) is 11.0. The van der Waals surface area contributed by atoms with Gasteiger partial charge in [-0.25, -0.2) is 9.59 Å². The molecule has 0 saturated carbocycles. The number of hydrogen-bond acceptors (Lipinski definition) is 4. The van der Waals surface area contributed by atoms with Crippen LogP contribution in [-0.2, 0) is 9.53 Å². The molecule has 27 heavy (non-hydrogen) atoms. The maximum atomic E-state index is 12.2. The summed E-state index contributed by atoms with van der Waals surface area (Å²) in [4.78, 5) is 26.1. The molecule has 3 rings (SSSR count). The maximum Gasteiger partial charge on any atom is 0.408 e. The van der Waals surface area contributed by atoms with Gasteiger partial charge in [0, 0.05) is 10.8 Å². The highest BCUT2D eigenvalue weighted by Gasteiger charge is 2.35. The van der Waals surface area contributed by atoms with Crippen LogP contribution < -0.4 is 5.32 Å². The molecule has 0 fully saturated rings. The van der Waals surface area contributed by atoms with E-state index in [1.54, 1.807) is 0 Å².